The third-order valence-corrected chi connectivity index (χ3v) is 6.59. The van der Waals surface area contributed by atoms with Crippen LogP contribution in [0.5, 0.6) is 5.88 Å². The zero-order valence-electron chi connectivity index (χ0n) is 17.3. The number of nitrogens with one attached hydrogen (secondary N) is 1. The van der Waals surface area contributed by atoms with Gasteiger partial charge in [-0.25, -0.2) is 13.4 Å². The first-order valence-corrected chi connectivity index (χ1v) is 12.5. The molecule has 8 heteroatoms. The SMILES string of the molecule is CCCCOc1nc(-c2cccc(SC)c2)c(NS(=O)(=O)c2ccccc2)cc1C#N. The number of pyridine rings is 1. The van der Waals surface area contributed by atoms with E-state index in [2.05, 4.69) is 15.8 Å². The number of nitriles is 1. The third kappa shape index (κ3) is 5.57. The molecule has 6 nitrogen and oxygen atoms in total. The number of rotatable bonds is 9. The number of hydrogen-bond acceptors (Lipinski definition) is 6. The van der Waals surface area contributed by atoms with E-state index in [1.165, 1.54) is 18.2 Å². The summed E-state index contributed by atoms with van der Waals surface area (Å²) in [5.74, 6) is 0.197. The van der Waals surface area contributed by atoms with Gasteiger partial charge in [-0.1, -0.05) is 43.7 Å². The van der Waals surface area contributed by atoms with Gasteiger partial charge >= 0.3 is 0 Å². The predicted octanol–water partition coefficient (Wildman–Crippen LogP) is 5.32. The van der Waals surface area contributed by atoms with Gasteiger partial charge in [0.15, 0.2) is 0 Å². The number of unbranched alkanes of at least 4 members (excludes halogenated alkanes) is 1. The van der Waals surface area contributed by atoms with E-state index in [1.807, 2.05) is 37.4 Å². The first-order chi connectivity index (χ1) is 15.0. The fourth-order valence-electron chi connectivity index (χ4n) is 2.87. The first-order valence-electron chi connectivity index (χ1n) is 9.78. The van der Waals surface area contributed by atoms with Crippen molar-refractivity contribution in [1.29, 1.82) is 5.26 Å². The second-order valence-electron chi connectivity index (χ2n) is 6.70. The zero-order chi connectivity index (χ0) is 22.3. The van der Waals surface area contributed by atoms with Gasteiger partial charge in [0.1, 0.15) is 11.6 Å². The Morgan fingerprint density at radius 1 is 1.13 bits per heavy atom. The minimum atomic E-state index is -3.86. The third-order valence-electron chi connectivity index (χ3n) is 4.49. The smallest absolute Gasteiger partial charge is 0.261 e. The Bertz CT molecular complexity index is 1190. The Morgan fingerprint density at radius 2 is 1.90 bits per heavy atom. The number of benzene rings is 2. The van der Waals surface area contributed by atoms with Crippen molar-refractivity contribution in [2.75, 3.05) is 17.6 Å². The molecule has 1 N–H and O–H groups in total. The molecule has 0 unspecified atom stereocenters. The average molecular weight is 454 g/mol. The highest BCUT2D eigenvalue weighted by Crippen LogP contribution is 2.34. The summed E-state index contributed by atoms with van der Waals surface area (Å²) in [5, 5.41) is 9.61. The fourth-order valence-corrected chi connectivity index (χ4v) is 4.41. The molecule has 0 saturated carbocycles. The minimum absolute atomic E-state index is 0.126. The molecule has 0 radical (unpaired) electrons. The molecule has 3 aromatic rings. The zero-order valence-corrected chi connectivity index (χ0v) is 19.0. The largest absolute Gasteiger partial charge is 0.477 e. The molecule has 0 fully saturated rings. The molecule has 3 rings (SSSR count). The number of nitrogens with zero attached hydrogens (tertiary/aromatic N) is 2. The maximum absolute atomic E-state index is 12.9. The summed E-state index contributed by atoms with van der Waals surface area (Å²) in [6.07, 6.45) is 3.73. The van der Waals surface area contributed by atoms with Crippen LogP contribution in [0.4, 0.5) is 5.69 Å². The molecule has 2 aromatic carbocycles. The van der Waals surface area contributed by atoms with Gasteiger partial charge in [0.2, 0.25) is 5.88 Å². The Kier molecular flexibility index (Phi) is 7.55. The second-order valence-corrected chi connectivity index (χ2v) is 9.26. The first kappa shape index (κ1) is 22.7. The lowest BCUT2D eigenvalue weighted by atomic mass is 10.1. The van der Waals surface area contributed by atoms with Crippen LogP contribution in [0.1, 0.15) is 25.3 Å². The summed E-state index contributed by atoms with van der Waals surface area (Å²) in [5.41, 5.74) is 1.52. The average Bonchev–Trinajstić information content (AvgIpc) is 2.80. The number of thioether (sulfide) groups is 1. The van der Waals surface area contributed by atoms with Crippen LogP contribution in [0.15, 0.2) is 70.5 Å². The summed E-state index contributed by atoms with van der Waals surface area (Å²) in [4.78, 5) is 5.69. The molecule has 0 amide bonds. The van der Waals surface area contributed by atoms with Crippen LogP contribution in [0, 0.1) is 11.3 Å². The van der Waals surface area contributed by atoms with E-state index >= 15 is 0 Å². The lowest BCUT2D eigenvalue weighted by molar-refractivity contribution is 0.297. The molecule has 31 heavy (non-hydrogen) atoms. The van der Waals surface area contributed by atoms with E-state index in [9.17, 15) is 13.7 Å². The monoisotopic (exact) mass is 453 g/mol. The van der Waals surface area contributed by atoms with E-state index in [0.717, 1.165) is 23.3 Å². The Morgan fingerprint density at radius 3 is 2.58 bits per heavy atom. The second kappa shape index (κ2) is 10.3. The number of sulfonamides is 1. The molecule has 1 heterocycles. The van der Waals surface area contributed by atoms with E-state index in [0.29, 0.717) is 12.3 Å². The molecule has 0 atom stereocenters. The van der Waals surface area contributed by atoms with Crippen molar-refractivity contribution in [3.63, 3.8) is 0 Å². The number of hydrogen-bond donors (Lipinski definition) is 1. The number of ether oxygens (including phenoxy) is 1. The van der Waals surface area contributed by atoms with Crippen molar-refractivity contribution in [3.8, 4) is 23.2 Å². The van der Waals surface area contributed by atoms with Crippen molar-refractivity contribution in [2.45, 2.75) is 29.6 Å². The van der Waals surface area contributed by atoms with Crippen LogP contribution in [0.25, 0.3) is 11.3 Å². The molecule has 0 bridgehead atoms. The van der Waals surface area contributed by atoms with Crippen LogP contribution >= 0.6 is 11.8 Å². The van der Waals surface area contributed by atoms with Gasteiger partial charge in [-0.15, -0.1) is 11.8 Å². The molecule has 0 aliphatic rings. The van der Waals surface area contributed by atoms with Crippen LogP contribution in [-0.2, 0) is 10.0 Å². The van der Waals surface area contributed by atoms with Crippen LogP contribution in [0.2, 0.25) is 0 Å². The Balaban J connectivity index is 2.12. The molecule has 0 saturated heterocycles. The number of anilines is 1. The topological polar surface area (TPSA) is 92.1 Å². The van der Waals surface area contributed by atoms with Crippen molar-refractivity contribution >= 4 is 27.5 Å². The minimum Gasteiger partial charge on any atom is -0.477 e. The standard InChI is InChI=1S/C23H23N3O3S2/c1-3-4-13-29-23-18(16-24)15-21(26-31(27,28)20-11-6-5-7-12-20)22(25-23)17-9-8-10-19(14-17)30-2/h5-12,14-15,26H,3-4,13H2,1-2H3. The van der Waals surface area contributed by atoms with Crippen LogP contribution in [0.3, 0.4) is 0 Å². The summed E-state index contributed by atoms with van der Waals surface area (Å²) in [7, 11) is -3.86. The number of aromatic nitrogens is 1. The van der Waals surface area contributed by atoms with E-state index in [1.54, 1.807) is 30.0 Å². The highest BCUT2D eigenvalue weighted by molar-refractivity contribution is 7.98. The van der Waals surface area contributed by atoms with Gasteiger partial charge in [0.25, 0.3) is 10.0 Å². The molecule has 0 aliphatic carbocycles. The van der Waals surface area contributed by atoms with Gasteiger partial charge in [-0.2, -0.15) is 5.26 Å². The molecular formula is C23H23N3O3S2. The van der Waals surface area contributed by atoms with Gasteiger partial charge in [0.05, 0.1) is 22.9 Å². The molecule has 0 spiro atoms. The van der Waals surface area contributed by atoms with Crippen LogP contribution < -0.4 is 9.46 Å². The van der Waals surface area contributed by atoms with Gasteiger partial charge in [0, 0.05) is 10.5 Å². The molecule has 0 aliphatic heterocycles. The maximum atomic E-state index is 12.9. The summed E-state index contributed by atoms with van der Waals surface area (Å²) >= 11 is 1.57. The van der Waals surface area contributed by atoms with Gasteiger partial charge in [-0.05, 0) is 43.0 Å². The normalized spacial score (nSPS) is 11.0. The quantitative estimate of drug-likeness (QED) is 0.348. The van der Waals surface area contributed by atoms with Crippen molar-refractivity contribution in [1.82, 2.24) is 4.98 Å². The van der Waals surface area contributed by atoms with Gasteiger partial charge in [-0.3, -0.25) is 4.72 Å². The Labute approximate surface area is 187 Å². The molecular weight excluding hydrogens is 430 g/mol. The highest BCUT2D eigenvalue weighted by Gasteiger charge is 2.20. The maximum Gasteiger partial charge on any atom is 0.261 e. The lowest BCUT2D eigenvalue weighted by Gasteiger charge is -2.16. The summed E-state index contributed by atoms with van der Waals surface area (Å²) < 4.78 is 34.2. The fraction of sp³-hybridized carbons (Fsp3) is 0.217. The summed E-state index contributed by atoms with van der Waals surface area (Å²) in [6.45, 7) is 2.47. The Hall–Kier alpha value is -3.02. The van der Waals surface area contributed by atoms with Gasteiger partial charge < -0.3 is 4.74 Å². The van der Waals surface area contributed by atoms with Crippen molar-refractivity contribution < 1.29 is 13.2 Å². The van der Waals surface area contributed by atoms with E-state index in [-0.39, 0.29) is 22.0 Å². The van der Waals surface area contributed by atoms with E-state index in [4.69, 9.17) is 4.74 Å². The molecule has 160 valence electrons. The summed E-state index contributed by atoms with van der Waals surface area (Å²) in [6, 6.07) is 19.2. The lowest BCUT2D eigenvalue weighted by Crippen LogP contribution is -2.14. The predicted molar refractivity (Wildman–Crippen MR) is 124 cm³/mol. The van der Waals surface area contributed by atoms with Crippen LogP contribution in [-0.4, -0.2) is 26.3 Å². The van der Waals surface area contributed by atoms with E-state index < -0.39 is 10.0 Å². The molecule has 1 aromatic heterocycles. The van der Waals surface area contributed by atoms with Crippen molar-refractivity contribution in [2.24, 2.45) is 0 Å². The van der Waals surface area contributed by atoms with Crippen molar-refractivity contribution in [3.05, 3.63) is 66.2 Å². The highest BCUT2D eigenvalue weighted by atomic mass is 32.2.